The average Bonchev–Trinajstić information content (AvgIpc) is 3.18. The van der Waals surface area contributed by atoms with Crippen LogP contribution in [-0.4, -0.2) is 43.9 Å². The summed E-state index contributed by atoms with van der Waals surface area (Å²) in [7, 11) is -10.7. The molecule has 1 fully saturated rings. The van der Waals surface area contributed by atoms with Crippen molar-refractivity contribution in [1.82, 2.24) is 0 Å². The van der Waals surface area contributed by atoms with Gasteiger partial charge in [0.25, 0.3) is 0 Å². The molecule has 1 rings (SSSR count). The van der Waals surface area contributed by atoms with Gasteiger partial charge in [-0.25, -0.2) is 0 Å². The van der Waals surface area contributed by atoms with Gasteiger partial charge < -0.3 is 9.22 Å². The van der Waals surface area contributed by atoms with Gasteiger partial charge in [-0.2, -0.15) is 0 Å². The zero-order chi connectivity index (χ0) is 22.9. The molecule has 0 N–H and O–H groups in total. The van der Waals surface area contributed by atoms with Crippen LogP contribution in [0.15, 0.2) is 0 Å². The first-order chi connectivity index (χ1) is 13.2. The van der Waals surface area contributed by atoms with Gasteiger partial charge in [0.05, 0.1) is 26.2 Å². The molecule has 0 radical (unpaired) electrons. The first kappa shape index (κ1) is 31.1. The molecule has 0 amide bonds. The Kier molecular flexibility index (Phi) is 15.1. The van der Waals surface area contributed by atoms with E-state index in [-0.39, 0.29) is 0 Å². The van der Waals surface area contributed by atoms with E-state index in [2.05, 4.69) is 27.7 Å². The fraction of sp³-hybridized carbons (Fsp3) is 1.00. The van der Waals surface area contributed by atoms with Crippen molar-refractivity contribution in [2.75, 3.05) is 39.4 Å². The maximum atomic E-state index is 9.87. The zero-order valence-corrected chi connectivity index (χ0v) is 19.8. The molecule has 0 aliphatic carbocycles. The molecule has 9 heteroatoms. The molecule has 1 heterocycles. The van der Waals surface area contributed by atoms with Crippen LogP contribution in [0.1, 0.15) is 91.9 Å². The Morgan fingerprint density at radius 3 is 0.966 bits per heavy atom. The van der Waals surface area contributed by atoms with Gasteiger partial charge in [-0.1, -0.05) is 53.4 Å². The molecular formula is C20H44F6NOP. The number of hydrogen-bond acceptors (Lipinski definition) is 1. The summed E-state index contributed by atoms with van der Waals surface area (Å²) in [5.74, 6) is 0. The van der Waals surface area contributed by atoms with Gasteiger partial charge in [-0.15, -0.1) is 0 Å². The molecular weight excluding hydrogens is 415 g/mol. The van der Waals surface area contributed by atoms with Crippen LogP contribution in [0, 0.1) is 0 Å². The summed E-state index contributed by atoms with van der Waals surface area (Å²) in [4.78, 5) is 0. The molecule has 182 valence electrons. The third kappa shape index (κ3) is 30.2. The van der Waals surface area contributed by atoms with Gasteiger partial charge in [-0.05, 0) is 38.5 Å². The first-order valence-electron chi connectivity index (χ1n) is 11.2. The normalized spacial score (nSPS) is 16.8. The van der Waals surface area contributed by atoms with Gasteiger partial charge in [0, 0.05) is 13.2 Å². The summed E-state index contributed by atoms with van der Waals surface area (Å²) in [6.45, 7) is 17.0. The van der Waals surface area contributed by atoms with Crippen molar-refractivity contribution in [3.05, 3.63) is 0 Å². The standard InChI is InChI=1S/C16H36N.C4H8O.F6P/c1-5-9-13-17(14-10-6-2,15-11-7-3)16-12-8-4;1-2-4-5-3-1;1-7(2,3,4,5)6/h5-16H2,1-4H3;1-4H2;/q+1;;-1. The number of ether oxygens (including phenoxy) is 1. The fourth-order valence-corrected chi connectivity index (χ4v) is 3.16. The van der Waals surface area contributed by atoms with Crippen molar-refractivity contribution in [1.29, 1.82) is 0 Å². The predicted molar refractivity (Wildman–Crippen MR) is 113 cm³/mol. The Morgan fingerprint density at radius 1 is 0.586 bits per heavy atom. The number of halogens is 6. The maximum absolute atomic E-state index is 10.7. The second-order valence-corrected chi connectivity index (χ2v) is 9.84. The molecule has 0 bridgehead atoms. The van der Waals surface area contributed by atoms with Crippen molar-refractivity contribution in [2.45, 2.75) is 91.9 Å². The molecule has 0 unspecified atom stereocenters. The molecule has 1 aliphatic rings. The number of rotatable bonds is 12. The van der Waals surface area contributed by atoms with E-state index in [9.17, 15) is 25.2 Å². The van der Waals surface area contributed by atoms with Crippen LogP contribution < -0.4 is 0 Å². The number of nitrogens with zero attached hydrogens (tertiary/aromatic N) is 1. The minimum absolute atomic E-state index is 1.00. The van der Waals surface area contributed by atoms with E-state index in [1.54, 1.807) is 0 Å². The molecule has 0 aromatic carbocycles. The molecule has 1 aliphatic heterocycles. The second-order valence-electron chi connectivity index (χ2n) is 7.93. The van der Waals surface area contributed by atoms with Crippen LogP contribution >= 0.6 is 7.81 Å². The van der Waals surface area contributed by atoms with Crippen LogP contribution in [0.2, 0.25) is 0 Å². The van der Waals surface area contributed by atoms with Crippen molar-refractivity contribution >= 4 is 7.81 Å². The average molecular weight is 460 g/mol. The van der Waals surface area contributed by atoms with Crippen LogP contribution in [-0.2, 0) is 4.74 Å². The van der Waals surface area contributed by atoms with E-state index in [1.165, 1.54) is 94.9 Å². The third-order valence-corrected chi connectivity index (χ3v) is 4.77. The minimum atomic E-state index is -10.7. The van der Waals surface area contributed by atoms with Gasteiger partial charge in [0.2, 0.25) is 0 Å². The van der Waals surface area contributed by atoms with Gasteiger partial charge in [-0.3, -0.25) is 0 Å². The molecule has 0 saturated carbocycles. The van der Waals surface area contributed by atoms with E-state index in [0.717, 1.165) is 13.2 Å². The zero-order valence-electron chi connectivity index (χ0n) is 18.9. The van der Waals surface area contributed by atoms with Crippen molar-refractivity contribution in [2.24, 2.45) is 0 Å². The van der Waals surface area contributed by atoms with E-state index >= 15 is 0 Å². The van der Waals surface area contributed by atoms with Gasteiger partial charge in [0.1, 0.15) is 0 Å². The summed E-state index contributed by atoms with van der Waals surface area (Å²) in [6.07, 6.45) is 13.6. The molecule has 29 heavy (non-hydrogen) atoms. The number of unbranched alkanes of at least 4 members (excludes halogenated alkanes) is 4. The summed E-state index contributed by atoms with van der Waals surface area (Å²) >= 11 is 0. The van der Waals surface area contributed by atoms with E-state index in [1.807, 2.05) is 0 Å². The summed E-state index contributed by atoms with van der Waals surface area (Å²) in [5, 5.41) is 0. The van der Waals surface area contributed by atoms with Crippen LogP contribution in [0.5, 0.6) is 0 Å². The molecule has 1 saturated heterocycles. The second kappa shape index (κ2) is 14.1. The van der Waals surface area contributed by atoms with E-state index in [0.29, 0.717) is 0 Å². The monoisotopic (exact) mass is 459 g/mol. The summed E-state index contributed by atoms with van der Waals surface area (Å²) < 4.78 is 65.6. The quantitative estimate of drug-likeness (QED) is 0.161. The van der Waals surface area contributed by atoms with E-state index in [4.69, 9.17) is 4.74 Å². The Hall–Kier alpha value is -0.0700. The number of hydrogen-bond donors (Lipinski definition) is 0. The van der Waals surface area contributed by atoms with E-state index < -0.39 is 7.81 Å². The van der Waals surface area contributed by atoms with Crippen molar-refractivity contribution in [3.63, 3.8) is 0 Å². The van der Waals surface area contributed by atoms with Gasteiger partial charge >= 0.3 is 33.0 Å². The molecule has 0 spiro atoms. The van der Waals surface area contributed by atoms with Crippen molar-refractivity contribution < 1.29 is 34.4 Å². The van der Waals surface area contributed by atoms with Crippen LogP contribution in [0.3, 0.4) is 0 Å². The fourth-order valence-electron chi connectivity index (χ4n) is 3.16. The van der Waals surface area contributed by atoms with Crippen LogP contribution in [0.25, 0.3) is 0 Å². The molecule has 0 atom stereocenters. The topological polar surface area (TPSA) is 9.23 Å². The molecule has 2 nitrogen and oxygen atoms in total. The Bertz CT molecular complexity index is 328. The van der Waals surface area contributed by atoms with Crippen LogP contribution in [0.4, 0.5) is 25.2 Å². The Balaban J connectivity index is 0. The molecule has 0 aromatic rings. The Morgan fingerprint density at radius 2 is 0.828 bits per heavy atom. The first-order valence-corrected chi connectivity index (χ1v) is 13.2. The SMILES string of the molecule is C1CCOC1.CCCC[N+](CCCC)(CCCC)CCCC.F[P-](F)(F)(F)(F)F. The number of quaternary nitrogens is 1. The Labute approximate surface area is 174 Å². The summed E-state index contributed by atoms with van der Waals surface area (Å²) in [5.41, 5.74) is 0. The van der Waals surface area contributed by atoms with Gasteiger partial charge in [0.15, 0.2) is 0 Å². The molecule has 0 aromatic heterocycles. The summed E-state index contributed by atoms with van der Waals surface area (Å²) in [6, 6.07) is 0. The third-order valence-electron chi connectivity index (χ3n) is 4.77. The predicted octanol–water partition coefficient (Wildman–Crippen LogP) is 9.18. The van der Waals surface area contributed by atoms with Crippen molar-refractivity contribution in [3.8, 4) is 0 Å².